The van der Waals surface area contributed by atoms with Crippen LogP contribution in [0.15, 0.2) is 48.0 Å². The third-order valence-electron chi connectivity index (χ3n) is 3.37. The van der Waals surface area contributed by atoms with Gasteiger partial charge in [-0.05, 0) is 10.5 Å². The van der Waals surface area contributed by atoms with Crippen molar-refractivity contribution in [3.8, 4) is 0 Å². The Morgan fingerprint density at radius 2 is 2.05 bits per heavy atom. The lowest BCUT2D eigenvalue weighted by molar-refractivity contribution is -0.724. The van der Waals surface area contributed by atoms with Crippen LogP contribution >= 0.6 is 11.8 Å². The van der Waals surface area contributed by atoms with Crippen LogP contribution in [0.4, 0.5) is 0 Å². The van der Waals surface area contributed by atoms with Crippen molar-refractivity contribution in [1.29, 1.82) is 0 Å². The largest absolute Gasteiger partial charge is 1.00 e. The van der Waals surface area contributed by atoms with Crippen LogP contribution in [0.25, 0.3) is 11.2 Å². The number of halogens is 1. The Balaban J connectivity index is 0.00000121. The van der Waals surface area contributed by atoms with Crippen LogP contribution in [0.5, 0.6) is 0 Å². The fourth-order valence-electron chi connectivity index (χ4n) is 2.45. The first-order valence-corrected chi connectivity index (χ1v) is 7.30. The van der Waals surface area contributed by atoms with Crippen molar-refractivity contribution in [1.82, 2.24) is 14.5 Å². The number of imidazole rings is 1. The summed E-state index contributed by atoms with van der Waals surface area (Å²) in [7, 11) is 0. The van der Waals surface area contributed by atoms with E-state index in [-0.39, 0.29) is 17.0 Å². The second-order valence-electron chi connectivity index (χ2n) is 4.62. The maximum absolute atomic E-state index is 4.43. The monoisotopic (exact) mass is 348 g/mol. The quantitative estimate of drug-likeness (QED) is 0.434. The molecular weight excluding hydrogens is 336 g/mol. The van der Waals surface area contributed by atoms with Gasteiger partial charge < -0.3 is 21.5 Å². The van der Waals surface area contributed by atoms with Gasteiger partial charge in [-0.2, -0.15) is 4.98 Å². The predicted octanol–water partition coefficient (Wildman–Crippen LogP) is -1.12. The van der Waals surface area contributed by atoms with Crippen molar-refractivity contribution < 1.29 is 21.5 Å². The maximum atomic E-state index is 4.43. The Bertz CT molecular complexity index is 742. The van der Waals surface area contributed by atoms with E-state index >= 15 is 0 Å². The Morgan fingerprint density at radius 3 is 2.90 bits per heavy atom. The van der Waals surface area contributed by atoms with E-state index in [2.05, 4.69) is 43.4 Å². The molecule has 0 saturated carbocycles. The number of aromatic nitrogens is 4. The van der Waals surface area contributed by atoms with Gasteiger partial charge >= 0.3 is 0 Å². The molecule has 0 aliphatic carbocycles. The summed E-state index contributed by atoms with van der Waals surface area (Å²) in [5, 5.41) is 1.29. The summed E-state index contributed by atoms with van der Waals surface area (Å²) in [5.41, 5.74) is 3.29. The molecule has 3 heterocycles. The van der Waals surface area contributed by atoms with E-state index in [1.165, 1.54) is 10.6 Å². The van der Waals surface area contributed by atoms with Gasteiger partial charge in [0.25, 0.3) is 12.0 Å². The lowest BCUT2D eigenvalue weighted by Gasteiger charge is -2.04. The molecule has 0 saturated heterocycles. The minimum Gasteiger partial charge on any atom is -1.00 e. The lowest BCUT2D eigenvalue weighted by atomic mass is 10.2. The summed E-state index contributed by atoms with van der Waals surface area (Å²) < 4.78 is 4.41. The van der Waals surface area contributed by atoms with Gasteiger partial charge in [0.15, 0.2) is 10.5 Å². The number of benzene rings is 1. The van der Waals surface area contributed by atoms with E-state index in [0.717, 1.165) is 30.0 Å². The molecular formula is C14H13BrN4S. The molecule has 0 N–H and O–H groups in total. The molecule has 0 unspecified atom stereocenters. The van der Waals surface area contributed by atoms with Crippen molar-refractivity contribution in [3.63, 3.8) is 0 Å². The Hall–Kier alpha value is -1.40. The molecule has 1 aliphatic rings. The topological polar surface area (TPSA) is 34.6 Å². The van der Waals surface area contributed by atoms with Crippen molar-refractivity contribution >= 4 is 22.9 Å². The van der Waals surface area contributed by atoms with E-state index in [4.69, 9.17) is 0 Å². The summed E-state index contributed by atoms with van der Waals surface area (Å²) in [4.78, 5) is 8.85. The van der Waals surface area contributed by atoms with Crippen LogP contribution in [-0.4, -0.2) is 20.3 Å². The highest BCUT2D eigenvalue weighted by atomic mass is 79.9. The Kier molecular flexibility index (Phi) is 3.76. The molecule has 4 rings (SSSR count). The number of fused-ring (bicyclic) bond motifs is 3. The van der Waals surface area contributed by atoms with Gasteiger partial charge in [0.2, 0.25) is 0 Å². The highest BCUT2D eigenvalue weighted by molar-refractivity contribution is 7.99. The molecule has 4 nitrogen and oxygen atoms in total. The third-order valence-corrected chi connectivity index (χ3v) is 4.46. The molecule has 1 aliphatic heterocycles. The fourth-order valence-corrected chi connectivity index (χ4v) is 3.58. The van der Waals surface area contributed by atoms with E-state index in [9.17, 15) is 0 Å². The van der Waals surface area contributed by atoms with E-state index < -0.39 is 0 Å². The number of aryl methyl sites for hydroxylation is 1. The number of hydrogen-bond acceptors (Lipinski definition) is 3. The first-order chi connectivity index (χ1) is 9.42. The van der Waals surface area contributed by atoms with Crippen LogP contribution in [0.2, 0.25) is 0 Å². The SMILES string of the molecule is [Br-].c1ccc(Cn2cnc3nc[n+]4c(c32)SCC4)cc1. The number of thioether (sulfide) groups is 1. The van der Waals surface area contributed by atoms with Crippen LogP contribution in [0, 0.1) is 0 Å². The molecule has 3 aromatic rings. The molecule has 2 aromatic heterocycles. The first kappa shape index (κ1) is 13.6. The zero-order valence-corrected chi connectivity index (χ0v) is 13.1. The van der Waals surface area contributed by atoms with Crippen LogP contribution in [-0.2, 0) is 13.1 Å². The molecule has 0 atom stereocenters. The van der Waals surface area contributed by atoms with Gasteiger partial charge in [-0.3, -0.25) is 0 Å². The lowest BCUT2D eigenvalue weighted by Crippen LogP contribution is -3.00. The third kappa shape index (κ3) is 2.23. The second kappa shape index (κ2) is 5.54. The highest BCUT2D eigenvalue weighted by Crippen LogP contribution is 2.26. The van der Waals surface area contributed by atoms with Gasteiger partial charge in [0.1, 0.15) is 12.9 Å². The average molecular weight is 349 g/mol. The zero-order valence-electron chi connectivity index (χ0n) is 10.7. The number of nitrogens with zero attached hydrogens (tertiary/aromatic N) is 4. The summed E-state index contributed by atoms with van der Waals surface area (Å²) >= 11 is 1.89. The van der Waals surface area contributed by atoms with Gasteiger partial charge in [-0.25, -0.2) is 4.57 Å². The Morgan fingerprint density at radius 1 is 1.20 bits per heavy atom. The van der Waals surface area contributed by atoms with Crippen LogP contribution in [0.1, 0.15) is 5.56 Å². The van der Waals surface area contributed by atoms with Crippen molar-refractivity contribution in [2.75, 3.05) is 5.75 Å². The van der Waals surface area contributed by atoms with Crippen LogP contribution < -0.4 is 21.5 Å². The molecule has 0 radical (unpaired) electrons. The molecule has 102 valence electrons. The van der Waals surface area contributed by atoms with Gasteiger partial charge in [-0.15, -0.1) is 0 Å². The standard InChI is InChI=1S/C14H13N4S.BrH/c1-2-4-11(5-3-1)8-18-10-16-13-12(18)14-17(9-15-13)6-7-19-14;/h1-5,9-10H,6-8H2;1H/q+1;/p-1. The molecule has 20 heavy (non-hydrogen) atoms. The van der Waals surface area contributed by atoms with E-state index in [0.29, 0.717) is 0 Å². The molecule has 0 spiro atoms. The van der Waals surface area contributed by atoms with Gasteiger partial charge in [0, 0.05) is 12.3 Å². The smallest absolute Gasteiger partial charge is 0.296 e. The van der Waals surface area contributed by atoms with Crippen LogP contribution in [0.3, 0.4) is 0 Å². The van der Waals surface area contributed by atoms with Gasteiger partial charge in [-0.1, -0.05) is 42.1 Å². The molecule has 0 fully saturated rings. The maximum Gasteiger partial charge on any atom is 0.296 e. The summed E-state index contributed by atoms with van der Waals surface area (Å²) in [6, 6.07) is 10.5. The first-order valence-electron chi connectivity index (χ1n) is 6.32. The average Bonchev–Trinajstić information content (AvgIpc) is 3.06. The van der Waals surface area contributed by atoms with E-state index in [1.54, 1.807) is 0 Å². The molecule has 6 heteroatoms. The van der Waals surface area contributed by atoms with Gasteiger partial charge in [0.05, 0.1) is 0 Å². The predicted molar refractivity (Wildman–Crippen MR) is 74.0 cm³/mol. The summed E-state index contributed by atoms with van der Waals surface area (Å²) in [5.74, 6) is 1.12. The van der Waals surface area contributed by atoms with Crippen molar-refractivity contribution in [2.24, 2.45) is 0 Å². The Labute approximate surface area is 131 Å². The van der Waals surface area contributed by atoms with Crippen molar-refractivity contribution in [3.05, 3.63) is 48.5 Å². The second-order valence-corrected chi connectivity index (χ2v) is 5.71. The summed E-state index contributed by atoms with van der Waals surface area (Å²) in [6.07, 6.45) is 3.79. The fraction of sp³-hybridized carbons (Fsp3) is 0.214. The minimum atomic E-state index is 0. The summed E-state index contributed by atoms with van der Waals surface area (Å²) in [6.45, 7) is 1.88. The highest BCUT2D eigenvalue weighted by Gasteiger charge is 2.24. The zero-order chi connectivity index (χ0) is 12.7. The van der Waals surface area contributed by atoms with E-state index in [1.807, 2.05) is 30.5 Å². The molecule has 0 amide bonds. The number of hydrogen-bond donors (Lipinski definition) is 0. The van der Waals surface area contributed by atoms with Crippen molar-refractivity contribution in [2.45, 2.75) is 18.1 Å². The normalized spacial score (nSPS) is 13.2. The molecule has 1 aromatic carbocycles. The number of rotatable bonds is 2. The minimum absolute atomic E-state index is 0. The molecule has 0 bridgehead atoms.